The number of rotatable bonds is 5. The Hall–Kier alpha value is -2.88. The molecule has 0 atom stereocenters. The first-order valence-electron chi connectivity index (χ1n) is 6.57. The van der Waals surface area contributed by atoms with Crippen LogP contribution in [-0.2, 0) is 11.0 Å². The average molecular weight is 370 g/mol. The first kappa shape index (κ1) is 18.5. The molecule has 0 fully saturated rings. The number of carbonyl (C=O) groups is 1. The van der Waals surface area contributed by atoms with Gasteiger partial charge in [-0.05, 0) is 29.8 Å². The van der Waals surface area contributed by atoms with E-state index >= 15 is 0 Å². The number of hydrogen-bond acceptors (Lipinski definition) is 5. The zero-order valence-electron chi connectivity index (χ0n) is 12.2. The van der Waals surface area contributed by atoms with Gasteiger partial charge in [-0.2, -0.15) is 13.2 Å². The molecule has 130 valence electrons. The fourth-order valence-electron chi connectivity index (χ4n) is 1.75. The second kappa shape index (κ2) is 7.34. The maximum atomic E-state index is 12.5. The topological polar surface area (TPSA) is 93.3 Å². The molecule has 1 aromatic carbocycles. The maximum absolute atomic E-state index is 12.5. The lowest BCUT2D eigenvalue weighted by Crippen LogP contribution is -2.05. The summed E-state index contributed by atoms with van der Waals surface area (Å²) in [5.74, 6) is -1.24. The van der Waals surface area contributed by atoms with Crippen LogP contribution in [0.15, 0.2) is 52.5 Å². The third kappa shape index (κ3) is 5.05. The zero-order valence-corrected chi connectivity index (χ0v) is 13.0. The lowest BCUT2D eigenvalue weighted by Gasteiger charge is -2.08. The summed E-state index contributed by atoms with van der Waals surface area (Å²) in [5.41, 5.74) is -0.899. The molecule has 1 N–H and O–H groups in total. The molecule has 1 heterocycles. The highest BCUT2D eigenvalue weighted by molar-refractivity contribution is 7.99. The smallest absolute Gasteiger partial charge is 0.417 e. The van der Waals surface area contributed by atoms with Crippen molar-refractivity contribution in [1.29, 1.82) is 0 Å². The van der Waals surface area contributed by atoms with Crippen molar-refractivity contribution in [3.8, 4) is 0 Å². The number of non-ortho nitro benzene ring substituents is 1. The Morgan fingerprint density at radius 2 is 2.00 bits per heavy atom. The molecule has 0 aliphatic carbocycles. The lowest BCUT2D eigenvalue weighted by atomic mass is 10.2. The summed E-state index contributed by atoms with van der Waals surface area (Å²) in [6.07, 6.45) is -1.84. The van der Waals surface area contributed by atoms with E-state index in [0.29, 0.717) is 11.1 Å². The van der Waals surface area contributed by atoms with E-state index in [2.05, 4.69) is 4.98 Å². The van der Waals surface area contributed by atoms with Crippen molar-refractivity contribution < 1.29 is 28.0 Å². The normalized spacial score (nSPS) is 11.6. The second-order valence-corrected chi connectivity index (χ2v) is 5.70. The van der Waals surface area contributed by atoms with Crippen LogP contribution in [0.2, 0.25) is 0 Å². The van der Waals surface area contributed by atoms with Gasteiger partial charge in [-0.3, -0.25) is 10.1 Å². The van der Waals surface area contributed by atoms with Crippen molar-refractivity contribution in [2.45, 2.75) is 16.1 Å². The summed E-state index contributed by atoms with van der Waals surface area (Å²) in [4.78, 5) is 25.0. The Bertz CT molecular complexity index is 836. The van der Waals surface area contributed by atoms with Crippen LogP contribution in [-0.4, -0.2) is 21.0 Å². The second-order valence-electron chi connectivity index (χ2n) is 4.64. The van der Waals surface area contributed by atoms with E-state index in [1.807, 2.05) is 0 Å². The predicted molar refractivity (Wildman–Crippen MR) is 83.1 cm³/mol. The summed E-state index contributed by atoms with van der Waals surface area (Å²) in [6, 6.07) is 5.80. The van der Waals surface area contributed by atoms with Gasteiger partial charge >= 0.3 is 12.1 Å². The first-order chi connectivity index (χ1) is 11.7. The summed E-state index contributed by atoms with van der Waals surface area (Å²) in [7, 11) is 0. The molecular formula is C15H9F3N2O4S. The summed E-state index contributed by atoms with van der Waals surface area (Å²) < 4.78 is 37.6. The van der Waals surface area contributed by atoms with Crippen LogP contribution >= 0.6 is 11.8 Å². The van der Waals surface area contributed by atoms with Gasteiger partial charge in [-0.25, -0.2) is 9.78 Å². The average Bonchev–Trinajstić information content (AvgIpc) is 2.53. The van der Waals surface area contributed by atoms with Gasteiger partial charge in [-0.15, -0.1) is 0 Å². The molecular weight excluding hydrogens is 361 g/mol. The van der Waals surface area contributed by atoms with Gasteiger partial charge in [0.25, 0.3) is 5.69 Å². The molecule has 0 unspecified atom stereocenters. The molecule has 0 saturated heterocycles. The number of aromatic nitrogens is 1. The number of aliphatic carboxylic acids is 1. The third-order valence-electron chi connectivity index (χ3n) is 2.89. The maximum Gasteiger partial charge on any atom is 0.417 e. The molecule has 0 radical (unpaired) electrons. The first-order valence-corrected chi connectivity index (χ1v) is 7.39. The highest BCUT2D eigenvalue weighted by Crippen LogP contribution is 2.34. The van der Waals surface area contributed by atoms with Crippen molar-refractivity contribution in [2.75, 3.05) is 0 Å². The molecule has 10 heteroatoms. The van der Waals surface area contributed by atoms with Crippen LogP contribution in [0, 0.1) is 10.1 Å². The van der Waals surface area contributed by atoms with E-state index in [-0.39, 0.29) is 16.3 Å². The van der Waals surface area contributed by atoms with E-state index in [9.17, 15) is 28.1 Å². The van der Waals surface area contributed by atoms with Gasteiger partial charge in [-0.1, -0.05) is 11.8 Å². The number of hydrogen-bond donors (Lipinski definition) is 1. The highest BCUT2D eigenvalue weighted by atomic mass is 32.2. The van der Waals surface area contributed by atoms with Gasteiger partial charge in [0, 0.05) is 29.3 Å². The lowest BCUT2D eigenvalue weighted by molar-refractivity contribution is -0.384. The molecule has 0 amide bonds. The van der Waals surface area contributed by atoms with Crippen LogP contribution in [0.1, 0.15) is 11.1 Å². The third-order valence-corrected chi connectivity index (χ3v) is 3.93. The molecule has 0 saturated carbocycles. The number of benzene rings is 1. The molecule has 1 aromatic heterocycles. The van der Waals surface area contributed by atoms with Gasteiger partial charge in [0.1, 0.15) is 5.03 Å². The van der Waals surface area contributed by atoms with Crippen molar-refractivity contribution in [3.05, 3.63) is 63.8 Å². The molecule has 0 aliphatic heterocycles. The Morgan fingerprint density at radius 3 is 2.52 bits per heavy atom. The zero-order chi connectivity index (χ0) is 18.6. The van der Waals surface area contributed by atoms with E-state index in [0.717, 1.165) is 23.9 Å². The molecule has 0 spiro atoms. The fourth-order valence-corrected chi connectivity index (χ4v) is 2.60. The minimum Gasteiger partial charge on any atom is -0.478 e. The van der Waals surface area contributed by atoms with E-state index < -0.39 is 22.6 Å². The number of nitrogens with zero attached hydrogens (tertiary/aromatic N) is 2. The summed E-state index contributed by atoms with van der Waals surface area (Å²) in [6.45, 7) is 0. The minimum atomic E-state index is -4.50. The minimum absolute atomic E-state index is 0.229. The quantitative estimate of drug-likeness (QED) is 0.480. The number of carboxylic acid groups (broad SMARTS) is 1. The monoisotopic (exact) mass is 370 g/mol. The Morgan fingerprint density at radius 1 is 1.28 bits per heavy atom. The number of nitro benzene ring substituents is 1. The SMILES string of the molecule is O=C(O)C=Cc1cc([N+](=O)[O-])ccc1Sc1ccc(C(F)(F)F)cn1. The van der Waals surface area contributed by atoms with Gasteiger partial charge in [0.05, 0.1) is 10.5 Å². The Kier molecular flexibility index (Phi) is 5.42. The predicted octanol–water partition coefficient (Wildman–Crippen LogP) is 4.26. The van der Waals surface area contributed by atoms with Crippen molar-refractivity contribution in [2.24, 2.45) is 0 Å². The summed E-state index contributed by atoms with van der Waals surface area (Å²) >= 11 is 0.960. The van der Waals surface area contributed by atoms with Crippen LogP contribution in [0.4, 0.5) is 18.9 Å². The largest absolute Gasteiger partial charge is 0.478 e. The molecule has 2 aromatic rings. The Balaban J connectivity index is 2.34. The van der Waals surface area contributed by atoms with Gasteiger partial charge in [0.2, 0.25) is 0 Å². The number of alkyl halides is 3. The standard InChI is InChI=1S/C15H9F3N2O4S/c16-15(17,18)10-2-5-13(19-8-10)25-12-4-3-11(20(23)24)7-9(12)1-6-14(21)22/h1-8H,(H,21,22). The number of halogens is 3. The van der Waals surface area contributed by atoms with E-state index in [1.165, 1.54) is 30.3 Å². The molecule has 6 nitrogen and oxygen atoms in total. The number of carboxylic acids is 1. The molecule has 2 rings (SSSR count). The van der Waals surface area contributed by atoms with Crippen molar-refractivity contribution >= 4 is 29.5 Å². The van der Waals surface area contributed by atoms with E-state index in [4.69, 9.17) is 5.11 Å². The molecule has 0 aliphatic rings. The van der Waals surface area contributed by atoms with Crippen LogP contribution < -0.4 is 0 Å². The number of nitro groups is 1. The van der Waals surface area contributed by atoms with Crippen molar-refractivity contribution in [3.63, 3.8) is 0 Å². The van der Waals surface area contributed by atoms with Crippen LogP contribution in [0.3, 0.4) is 0 Å². The van der Waals surface area contributed by atoms with Crippen molar-refractivity contribution in [1.82, 2.24) is 4.98 Å². The Labute approximate surface area is 143 Å². The fraction of sp³-hybridized carbons (Fsp3) is 0.0667. The van der Waals surface area contributed by atoms with Gasteiger partial charge < -0.3 is 5.11 Å². The summed E-state index contributed by atoms with van der Waals surface area (Å²) in [5, 5.41) is 19.8. The van der Waals surface area contributed by atoms with Crippen LogP contribution in [0.25, 0.3) is 6.08 Å². The molecule has 0 bridgehead atoms. The molecule has 25 heavy (non-hydrogen) atoms. The number of pyridine rings is 1. The van der Waals surface area contributed by atoms with E-state index in [1.54, 1.807) is 0 Å². The highest BCUT2D eigenvalue weighted by Gasteiger charge is 2.30. The van der Waals surface area contributed by atoms with Gasteiger partial charge in [0.15, 0.2) is 0 Å². The van der Waals surface area contributed by atoms with Crippen LogP contribution in [0.5, 0.6) is 0 Å².